The largest absolute Gasteiger partial charge is 0.327 e. The maximum atomic E-state index is 12.1. The summed E-state index contributed by atoms with van der Waals surface area (Å²) in [5, 5.41) is 8.16. The van der Waals surface area contributed by atoms with E-state index in [0.29, 0.717) is 51.1 Å². The van der Waals surface area contributed by atoms with E-state index < -0.39 is 26.4 Å². The Labute approximate surface area is 271 Å². The molecule has 5 aromatic rings. The van der Waals surface area contributed by atoms with Crippen LogP contribution in [0.25, 0.3) is 10.8 Å². The van der Waals surface area contributed by atoms with Gasteiger partial charge in [-0.25, -0.2) is 25.0 Å². The van der Waals surface area contributed by atoms with Crippen molar-refractivity contribution < 1.29 is 25.9 Å². The lowest BCUT2D eigenvalue weighted by atomic mass is 10.1. The van der Waals surface area contributed by atoms with Crippen molar-refractivity contribution in [3.05, 3.63) is 118 Å². The first-order valence-corrected chi connectivity index (χ1v) is 17.3. The molecule has 0 saturated heterocycles. The molecule has 16 heteroatoms. The molecule has 1 atom stereocenters. The summed E-state index contributed by atoms with van der Waals surface area (Å²) in [5.74, 6) is 2.47. The predicted octanol–water partition coefficient (Wildman–Crippen LogP) is 4.37. The van der Waals surface area contributed by atoms with Crippen LogP contribution in [0.1, 0.15) is 39.5 Å². The predicted molar refractivity (Wildman–Crippen MR) is 180 cm³/mol. The zero-order valence-electron chi connectivity index (χ0n) is 24.2. The fraction of sp³-hybridized carbons (Fsp3) is 0.0312. The quantitative estimate of drug-likeness (QED) is 0.169. The summed E-state index contributed by atoms with van der Waals surface area (Å²) in [7, 11) is -9.05. The number of benzene rings is 4. The molecule has 1 aromatic heterocycles. The first-order valence-electron chi connectivity index (χ1n) is 14.4. The lowest BCUT2D eigenvalue weighted by molar-refractivity contribution is 0.481. The van der Waals surface area contributed by atoms with Crippen LogP contribution < -0.4 is 10.6 Å². The van der Waals surface area contributed by atoms with Crippen molar-refractivity contribution in [1.29, 1.82) is 0 Å². The number of nitrogens with one attached hydrogen (secondary N) is 3. The minimum absolute atomic E-state index is 0.195. The van der Waals surface area contributed by atoms with Crippen LogP contribution in [0.15, 0.2) is 120 Å². The van der Waals surface area contributed by atoms with Crippen LogP contribution in [-0.2, 0) is 20.2 Å². The van der Waals surface area contributed by atoms with Gasteiger partial charge in [-0.3, -0.25) is 9.11 Å². The van der Waals surface area contributed by atoms with E-state index >= 15 is 0 Å². The van der Waals surface area contributed by atoms with Gasteiger partial charge in [0.2, 0.25) is 0 Å². The van der Waals surface area contributed by atoms with Crippen LogP contribution in [-0.4, -0.2) is 60.1 Å². The van der Waals surface area contributed by atoms with Crippen LogP contribution in [0.2, 0.25) is 0 Å². The summed E-state index contributed by atoms with van der Waals surface area (Å²) >= 11 is 0. The third-order valence-electron chi connectivity index (χ3n) is 8.39. The first-order chi connectivity index (χ1) is 23.0. The van der Waals surface area contributed by atoms with Crippen molar-refractivity contribution in [2.45, 2.75) is 16.0 Å². The van der Waals surface area contributed by atoms with Crippen molar-refractivity contribution in [2.75, 3.05) is 10.6 Å². The fourth-order valence-corrected chi connectivity index (χ4v) is 7.19. The van der Waals surface area contributed by atoms with Gasteiger partial charge in [-0.05, 0) is 36.4 Å². The van der Waals surface area contributed by atoms with E-state index in [1.807, 2.05) is 48.5 Å². The van der Waals surface area contributed by atoms with Gasteiger partial charge in [0.25, 0.3) is 20.2 Å². The van der Waals surface area contributed by atoms with Gasteiger partial charge in [-0.1, -0.05) is 48.5 Å². The second-order valence-corrected chi connectivity index (χ2v) is 14.1. The number of hydrogen-bond donors (Lipinski definition) is 5. The van der Waals surface area contributed by atoms with E-state index in [2.05, 4.69) is 15.6 Å². The normalized spacial score (nSPS) is 17.6. The van der Waals surface area contributed by atoms with Crippen molar-refractivity contribution in [1.82, 2.24) is 4.98 Å². The average molecular weight is 677 g/mol. The van der Waals surface area contributed by atoms with E-state index in [9.17, 15) is 25.9 Å². The fourth-order valence-electron chi connectivity index (χ4n) is 6.17. The second-order valence-electron chi connectivity index (χ2n) is 11.3. The summed E-state index contributed by atoms with van der Waals surface area (Å²) < 4.78 is 68.1. The zero-order valence-corrected chi connectivity index (χ0v) is 25.9. The zero-order chi connectivity index (χ0) is 32.9. The molecule has 0 amide bonds. The first kappa shape index (κ1) is 28.4. The topological polar surface area (TPSA) is 210 Å². The maximum absolute atomic E-state index is 12.1. The summed E-state index contributed by atoms with van der Waals surface area (Å²) in [5.41, 5.74) is 3.24. The van der Waals surface area contributed by atoms with Crippen LogP contribution in [0.4, 0.5) is 11.6 Å². The van der Waals surface area contributed by atoms with Crippen molar-refractivity contribution in [3.8, 4) is 0 Å². The number of anilines is 2. The molecule has 236 valence electrons. The summed E-state index contributed by atoms with van der Waals surface area (Å²) in [6, 6.07) is 23.2. The third-order valence-corrected chi connectivity index (χ3v) is 10.1. The highest BCUT2D eigenvalue weighted by Crippen LogP contribution is 2.37. The standard InChI is InChI=1S/C32H20N8O6S2/c41-47(42,43)15-9-11-21-23(13-15)32-38-28-20-8-4-2-6-18(20)26(34-28)36-30-22-12-10-16(48(44,45)46)14-24(22)31(40-30)37-27-19-7-3-1-5-17(19)25(33-27)35-29(21)39-32/h1-14,27,34H,(H,36,37,40)(H,41,42,43)(H,44,45,46)(H,33,35,38,39). The van der Waals surface area contributed by atoms with Crippen LogP contribution in [0, 0.1) is 0 Å². The van der Waals surface area contributed by atoms with Gasteiger partial charge in [0.15, 0.2) is 23.7 Å². The number of fused-ring (bicyclic) bond motifs is 17. The smallest absolute Gasteiger partial charge is 0.294 e. The van der Waals surface area contributed by atoms with Crippen LogP contribution >= 0.6 is 0 Å². The van der Waals surface area contributed by atoms with Gasteiger partial charge in [0.05, 0.1) is 9.79 Å². The number of aromatic nitrogens is 1. The van der Waals surface area contributed by atoms with Gasteiger partial charge in [-0.2, -0.15) is 16.8 Å². The second kappa shape index (κ2) is 9.85. The molecule has 0 saturated carbocycles. The number of H-pyrrole nitrogens is 1. The summed E-state index contributed by atoms with van der Waals surface area (Å²) in [6.07, 6.45) is -0.809. The number of nitrogens with zero attached hydrogens (tertiary/aromatic N) is 5. The molecular formula is C32H20N8O6S2. The van der Waals surface area contributed by atoms with Crippen molar-refractivity contribution in [2.24, 2.45) is 25.0 Å². The molecule has 4 aliphatic heterocycles. The molecule has 5 N–H and O–H groups in total. The Balaban J connectivity index is 1.31. The Morgan fingerprint density at radius 3 is 1.75 bits per heavy atom. The average Bonchev–Trinajstić information content (AvgIpc) is 3.79. The van der Waals surface area contributed by atoms with E-state index in [-0.39, 0.29) is 27.3 Å². The number of hydrogen-bond acceptors (Lipinski definition) is 11. The minimum Gasteiger partial charge on any atom is -0.327 e. The Bertz CT molecular complexity index is 2690. The van der Waals surface area contributed by atoms with Crippen molar-refractivity contribution in [3.63, 3.8) is 0 Å². The summed E-state index contributed by atoms with van der Waals surface area (Å²) in [6.45, 7) is 0. The molecule has 0 radical (unpaired) electrons. The molecular weight excluding hydrogens is 657 g/mol. The van der Waals surface area contributed by atoms with Gasteiger partial charge in [0.1, 0.15) is 23.3 Å². The monoisotopic (exact) mass is 676 g/mol. The maximum Gasteiger partial charge on any atom is 0.294 e. The van der Waals surface area contributed by atoms with Gasteiger partial charge in [-0.15, -0.1) is 0 Å². The molecule has 5 heterocycles. The SMILES string of the molecule is O=S(=O)(O)c1ccc2c(c1)C1=NC3N=C(N=C4N=C(Nc5[nH]c(c6ccccc56)NC2=N1)c1cc(S(=O)(=O)O)ccc14)c1ccccc13. The molecule has 48 heavy (non-hydrogen) atoms. The Hall–Kier alpha value is -5.81. The molecule has 9 rings (SSSR count). The van der Waals surface area contributed by atoms with Gasteiger partial charge < -0.3 is 15.6 Å². The molecule has 8 bridgehead atoms. The number of rotatable bonds is 2. The van der Waals surface area contributed by atoms with Gasteiger partial charge in [0, 0.05) is 44.2 Å². The molecule has 14 nitrogen and oxygen atoms in total. The molecule has 0 spiro atoms. The Morgan fingerprint density at radius 1 is 0.542 bits per heavy atom. The van der Waals surface area contributed by atoms with E-state index in [0.717, 1.165) is 16.3 Å². The van der Waals surface area contributed by atoms with E-state index in [1.165, 1.54) is 30.3 Å². The molecule has 4 aliphatic rings. The highest BCUT2D eigenvalue weighted by molar-refractivity contribution is 7.86. The number of aliphatic imine (C=N–C) groups is 5. The Kier molecular flexibility index (Phi) is 5.83. The lowest BCUT2D eigenvalue weighted by Crippen LogP contribution is -2.14. The Morgan fingerprint density at radius 2 is 1.08 bits per heavy atom. The summed E-state index contributed by atoms with van der Waals surface area (Å²) in [4.78, 5) is 26.7. The number of amidine groups is 5. The lowest BCUT2D eigenvalue weighted by Gasteiger charge is -2.08. The van der Waals surface area contributed by atoms with E-state index in [4.69, 9.17) is 25.0 Å². The minimum atomic E-state index is -4.52. The van der Waals surface area contributed by atoms with E-state index in [1.54, 1.807) is 6.07 Å². The molecule has 4 aromatic carbocycles. The highest BCUT2D eigenvalue weighted by Gasteiger charge is 2.32. The third kappa shape index (κ3) is 4.42. The molecule has 0 fully saturated rings. The molecule has 0 aliphatic carbocycles. The molecule has 1 unspecified atom stereocenters. The number of aromatic amines is 1. The highest BCUT2D eigenvalue weighted by atomic mass is 32.2. The van der Waals surface area contributed by atoms with Crippen molar-refractivity contribution >= 4 is 71.8 Å². The van der Waals surface area contributed by atoms with Crippen LogP contribution in [0.5, 0.6) is 0 Å². The van der Waals surface area contributed by atoms with Gasteiger partial charge >= 0.3 is 0 Å². The van der Waals surface area contributed by atoms with Crippen LogP contribution in [0.3, 0.4) is 0 Å².